The van der Waals surface area contributed by atoms with Crippen LogP contribution in [0.5, 0.6) is 0 Å². The lowest BCUT2D eigenvalue weighted by Gasteiger charge is -2.01. The van der Waals surface area contributed by atoms with Crippen LogP contribution in [0.25, 0.3) is 5.65 Å². The van der Waals surface area contributed by atoms with Crippen molar-refractivity contribution >= 4 is 5.65 Å². The Morgan fingerprint density at radius 1 is 1.53 bits per heavy atom. The Morgan fingerprint density at radius 3 is 2.76 bits per heavy atom. The number of imidazole rings is 1. The number of allylic oxidation sites excluding steroid dienone is 1. The Hall–Kier alpha value is -1.64. The molecule has 0 saturated heterocycles. The highest BCUT2D eigenvalue weighted by atomic mass is 19.1. The summed E-state index contributed by atoms with van der Waals surface area (Å²) in [5, 5.41) is 0. The standard InChI is InChI=1S/C11H13FN2.C3H6.H2/c1-3-4-9-7-14-6-8(2)13-11(14)5-10(9)12;1-3-2;/h5-7H,3-4H2,1-2H3;3H,1H2,2H3;1H. The second-order valence-electron chi connectivity index (χ2n) is 3.95. The third-order valence-corrected chi connectivity index (χ3v) is 2.26. The molecule has 2 heterocycles. The van der Waals surface area contributed by atoms with Crippen LogP contribution in [-0.2, 0) is 6.42 Å². The molecule has 0 bridgehead atoms. The fraction of sp³-hybridized carbons (Fsp3) is 0.357. The average molecular weight is 236 g/mol. The van der Waals surface area contributed by atoms with Crippen molar-refractivity contribution < 1.29 is 5.82 Å². The summed E-state index contributed by atoms with van der Waals surface area (Å²) in [5.41, 5.74) is 2.36. The van der Waals surface area contributed by atoms with Gasteiger partial charge in [0.25, 0.3) is 0 Å². The molecule has 0 saturated carbocycles. The molecule has 2 aromatic rings. The summed E-state index contributed by atoms with van der Waals surface area (Å²) in [6.45, 7) is 9.20. The molecular formula is C14H21FN2. The molecule has 0 aromatic carbocycles. The fourth-order valence-corrected chi connectivity index (χ4v) is 1.63. The van der Waals surface area contributed by atoms with Gasteiger partial charge < -0.3 is 4.40 Å². The summed E-state index contributed by atoms with van der Waals surface area (Å²) >= 11 is 0. The van der Waals surface area contributed by atoms with E-state index in [0.29, 0.717) is 5.65 Å². The number of rotatable bonds is 2. The van der Waals surface area contributed by atoms with Crippen LogP contribution in [0.4, 0.5) is 4.39 Å². The van der Waals surface area contributed by atoms with E-state index in [-0.39, 0.29) is 7.24 Å². The lowest BCUT2D eigenvalue weighted by Crippen LogP contribution is -1.94. The molecule has 0 spiro atoms. The second-order valence-corrected chi connectivity index (χ2v) is 3.95. The zero-order chi connectivity index (χ0) is 12.8. The molecule has 0 N–H and O–H groups in total. The predicted molar refractivity (Wildman–Crippen MR) is 71.9 cm³/mol. The summed E-state index contributed by atoms with van der Waals surface area (Å²) in [6.07, 6.45) is 7.22. The highest BCUT2D eigenvalue weighted by Crippen LogP contribution is 2.13. The summed E-state index contributed by atoms with van der Waals surface area (Å²) < 4.78 is 15.3. The first-order valence-electron chi connectivity index (χ1n) is 5.83. The maximum atomic E-state index is 13.5. The van der Waals surface area contributed by atoms with Gasteiger partial charge in [0.05, 0.1) is 5.69 Å². The van der Waals surface area contributed by atoms with Crippen molar-refractivity contribution in [3.8, 4) is 0 Å². The Kier molecular flexibility index (Phi) is 4.88. The number of halogens is 1. The van der Waals surface area contributed by atoms with Gasteiger partial charge in [0, 0.05) is 25.5 Å². The number of hydrogen-bond donors (Lipinski definition) is 0. The largest absolute Gasteiger partial charge is 0.306 e. The third kappa shape index (κ3) is 3.41. The van der Waals surface area contributed by atoms with Crippen molar-refractivity contribution in [3.63, 3.8) is 0 Å². The normalized spacial score (nSPS) is 9.88. The van der Waals surface area contributed by atoms with Crippen molar-refractivity contribution in [3.05, 3.63) is 48.2 Å². The smallest absolute Gasteiger partial charge is 0.139 e. The van der Waals surface area contributed by atoms with Gasteiger partial charge in [-0.3, -0.25) is 0 Å². The van der Waals surface area contributed by atoms with E-state index < -0.39 is 0 Å². The molecule has 2 aromatic heterocycles. The molecule has 0 amide bonds. The summed E-state index contributed by atoms with van der Waals surface area (Å²) in [7, 11) is 0. The van der Waals surface area contributed by atoms with Crippen molar-refractivity contribution in [2.75, 3.05) is 0 Å². The second kappa shape index (κ2) is 6.18. The monoisotopic (exact) mass is 236 g/mol. The van der Waals surface area contributed by atoms with Gasteiger partial charge in [0.2, 0.25) is 0 Å². The zero-order valence-electron chi connectivity index (χ0n) is 10.7. The maximum absolute atomic E-state index is 13.5. The lowest BCUT2D eigenvalue weighted by atomic mass is 10.1. The van der Waals surface area contributed by atoms with Crippen molar-refractivity contribution in [2.24, 2.45) is 0 Å². The first-order valence-corrected chi connectivity index (χ1v) is 5.83. The van der Waals surface area contributed by atoms with Gasteiger partial charge in [-0.15, -0.1) is 6.58 Å². The minimum absolute atomic E-state index is 0. The van der Waals surface area contributed by atoms with Crippen LogP contribution in [0, 0.1) is 12.7 Å². The minimum atomic E-state index is -0.148. The molecule has 2 rings (SSSR count). The molecule has 0 aliphatic carbocycles. The Morgan fingerprint density at radius 2 is 2.18 bits per heavy atom. The number of aryl methyl sites for hydroxylation is 2. The molecule has 0 atom stereocenters. The number of nitrogens with zero attached hydrogens (tertiary/aromatic N) is 2. The molecule has 0 radical (unpaired) electrons. The Bertz CT molecular complexity index is 506. The van der Waals surface area contributed by atoms with E-state index in [0.717, 1.165) is 24.1 Å². The van der Waals surface area contributed by atoms with Crippen LogP contribution in [0.1, 0.15) is 33.0 Å². The molecule has 0 unspecified atom stereocenters. The number of aromatic nitrogens is 2. The van der Waals surface area contributed by atoms with Gasteiger partial charge in [-0.25, -0.2) is 9.37 Å². The number of hydrogen-bond acceptors (Lipinski definition) is 1. The van der Waals surface area contributed by atoms with Crippen molar-refractivity contribution in [1.82, 2.24) is 9.38 Å². The van der Waals surface area contributed by atoms with E-state index in [4.69, 9.17) is 0 Å². The van der Waals surface area contributed by atoms with Gasteiger partial charge in [-0.05, 0) is 20.3 Å². The summed E-state index contributed by atoms with van der Waals surface area (Å²) in [5.74, 6) is -0.148. The van der Waals surface area contributed by atoms with Gasteiger partial charge in [-0.1, -0.05) is 19.4 Å². The van der Waals surface area contributed by atoms with E-state index in [1.807, 2.05) is 37.6 Å². The highest BCUT2D eigenvalue weighted by Gasteiger charge is 2.05. The van der Waals surface area contributed by atoms with Crippen LogP contribution in [0.2, 0.25) is 0 Å². The van der Waals surface area contributed by atoms with E-state index >= 15 is 0 Å². The SMILES string of the molecule is C=CC.CCCc1cn2cc(C)nc2cc1F.[HH]. The summed E-state index contributed by atoms with van der Waals surface area (Å²) in [4.78, 5) is 4.20. The zero-order valence-corrected chi connectivity index (χ0v) is 10.7. The average Bonchev–Trinajstić information content (AvgIpc) is 2.59. The highest BCUT2D eigenvalue weighted by molar-refractivity contribution is 5.42. The molecule has 94 valence electrons. The Balaban J connectivity index is 0.000000660. The van der Waals surface area contributed by atoms with Crippen LogP contribution in [0.3, 0.4) is 0 Å². The molecular weight excluding hydrogens is 215 g/mol. The first kappa shape index (κ1) is 13.4. The summed E-state index contributed by atoms with van der Waals surface area (Å²) in [6, 6.07) is 1.50. The molecule has 0 aliphatic heterocycles. The predicted octanol–water partition coefficient (Wildman–Crippen LogP) is 4.17. The first-order chi connectivity index (χ1) is 8.12. The van der Waals surface area contributed by atoms with Crippen LogP contribution in [-0.4, -0.2) is 9.38 Å². The van der Waals surface area contributed by atoms with Gasteiger partial charge >= 0.3 is 0 Å². The van der Waals surface area contributed by atoms with Gasteiger partial charge in [0.15, 0.2) is 0 Å². The van der Waals surface area contributed by atoms with E-state index in [2.05, 4.69) is 11.6 Å². The molecule has 0 aliphatic rings. The van der Waals surface area contributed by atoms with Crippen LogP contribution in [0.15, 0.2) is 31.1 Å². The third-order valence-electron chi connectivity index (χ3n) is 2.26. The molecule has 2 nitrogen and oxygen atoms in total. The number of fused-ring (bicyclic) bond motifs is 1. The van der Waals surface area contributed by atoms with E-state index in [9.17, 15) is 4.39 Å². The quantitative estimate of drug-likeness (QED) is 0.715. The molecule has 17 heavy (non-hydrogen) atoms. The van der Waals surface area contributed by atoms with Crippen molar-refractivity contribution in [1.29, 1.82) is 0 Å². The van der Waals surface area contributed by atoms with Gasteiger partial charge in [-0.2, -0.15) is 0 Å². The van der Waals surface area contributed by atoms with E-state index in [1.54, 1.807) is 6.08 Å². The topological polar surface area (TPSA) is 17.3 Å². The van der Waals surface area contributed by atoms with Gasteiger partial charge in [0.1, 0.15) is 11.5 Å². The molecule has 3 heteroatoms. The molecule has 0 fully saturated rings. The minimum Gasteiger partial charge on any atom is -0.306 e. The number of pyridine rings is 1. The van der Waals surface area contributed by atoms with Crippen LogP contribution >= 0.6 is 0 Å². The van der Waals surface area contributed by atoms with E-state index in [1.165, 1.54) is 6.07 Å². The lowest BCUT2D eigenvalue weighted by molar-refractivity contribution is 0.605. The maximum Gasteiger partial charge on any atom is 0.139 e. The fourth-order valence-electron chi connectivity index (χ4n) is 1.63. The van der Waals surface area contributed by atoms with Crippen molar-refractivity contribution in [2.45, 2.75) is 33.6 Å². The van der Waals surface area contributed by atoms with Crippen LogP contribution < -0.4 is 0 Å². The Labute approximate surface area is 103 Å².